The summed E-state index contributed by atoms with van der Waals surface area (Å²) in [7, 11) is -1.46. The Morgan fingerprint density at radius 1 is 1.24 bits per heavy atom. The van der Waals surface area contributed by atoms with Crippen LogP contribution in [-0.2, 0) is 10.0 Å². The van der Waals surface area contributed by atoms with Crippen LogP contribution in [0.5, 0.6) is 0 Å². The van der Waals surface area contributed by atoms with Gasteiger partial charge in [0.15, 0.2) is 0 Å². The minimum atomic E-state index is -3.16. The van der Waals surface area contributed by atoms with E-state index in [1.54, 1.807) is 27.8 Å². The molecule has 4 nitrogen and oxygen atoms in total. The Balaban J connectivity index is 2.46. The molecule has 17 heavy (non-hydrogen) atoms. The Bertz CT molecular complexity index is 327. The molecule has 0 aromatic heterocycles. The molecule has 1 N–H and O–H groups in total. The van der Waals surface area contributed by atoms with Gasteiger partial charge >= 0.3 is 0 Å². The summed E-state index contributed by atoms with van der Waals surface area (Å²) in [4.78, 5) is 0. The molecule has 0 spiro atoms. The van der Waals surface area contributed by atoms with Crippen LogP contribution in [0.4, 0.5) is 0 Å². The molecule has 0 amide bonds. The SMILES string of the molecule is CN(CCC1CCNCC1)S(=O)(=O)C(C)(C)C. The van der Waals surface area contributed by atoms with Gasteiger partial charge in [-0.3, -0.25) is 0 Å². The summed E-state index contributed by atoms with van der Waals surface area (Å²) in [6.07, 6.45) is 3.32. The molecule has 0 aliphatic carbocycles. The number of nitrogens with one attached hydrogen (secondary N) is 1. The van der Waals surface area contributed by atoms with Gasteiger partial charge in [0, 0.05) is 13.6 Å². The van der Waals surface area contributed by atoms with Crippen LogP contribution in [-0.4, -0.2) is 44.2 Å². The Kier molecular flexibility index (Phi) is 4.98. The highest BCUT2D eigenvalue weighted by Crippen LogP contribution is 2.21. The Morgan fingerprint density at radius 2 is 1.76 bits per heavy atom. The van der Waals surface area contributed by atoms with E-state index in [1.165, 1.54) is 17.1 Å². The molecule has 0 aromatic rings. The van der Waals surface area contributed by atoms with E-state index in [9.17, 15) is 8.42 Å². The van der Waals surface area contributed by atoms with E-state index in [4.69, 9.17) is 0 Å². The summed E-state index contributed by atoms with van der Waals surface area (Å²) in [5.41, 5.74) is 0. The van der Waals surface area contributed by atoms with Crippen molar-refractivity contribution in [1.29, 1.82) is 0 Å². The molecule has 5 heteroatoms. The van der Waals surface area contributed by atoms with Gasteiger partial charge < -0.3 is 5.32 Å². The van der Waals surface area contributed by atoms with Crippen molar-refractivity contribution >= 4 is 10.0 Å². The topological polar surface area (TPSA) is 49.4 Å². The summed E-state index contributed by atoms with van der Waals surface area (Å²) in [6.45, 7) is 8.04. The van der Waals surface area contributed by atoms with Gasteiger partial charge in [0.2, 0.25) is 10.0 Å². The molecule has 1 fully saturated rings. The lowest BCUT2D eigenvalue weighted by Gasteiger charge is -2.29. The quantitative estimate of drug-likeness (QED) is 0.834. The molecule has 0 atom stereocenters. The summed E-state index contributed by atoms with van der Waals surface area (Å²) in [5.74, 6) is 0.675. The second-order valence-corrected chi connectivity index (χ2v) is 8.72. The molecular formula is C12H26N2O2S. The zero-order valence-electron chi connectivity index (χ0n) is 11.5. The minimum Gasteiger partial charge on any atom is -0.317 e. The first-order valence-corrected chi connectivity index (χ1v) is 7.86. The van der Waals surface area contributed by atoms with Gasteiger partial charge in [-0.25, -0.2) is 12.7 Å². The van der Waals surface area contributed by atoms with Gasteiger partial charge in [-0.05, 0) is 59.0 Å². The van der Waals surface area contributed by atoms with Gasteiger partial charge in [0.25, 0.3) is 0 Å². The summed E-state index contributed by atoms with van der Waals surface area (Å²) >= 11 is 0. The number of hydrogen-bond acceptors (Lipinski definition) is 3. The Labute approximate surface area is 106 Å². The fourth-order valence-corrected chi connectivity index (χ4v) is 3.40. The maximum atomic E-state index is 12.1. The van der Waals surface area contributed by atoms with E-state index < -0.39 is 14.8 Å². The predicted octanol–water partition coefficient (Wildman–Crippen LogP) is 1.44. The van der Waals surface area contributed by atoms with Crippen LogP contribution < -0.4 is 5.32 Å². The van der Waals surface area contributed by atoms with Crippen molar-refractivity contribution in [2.45, 2.75) is 44.8 Å². The van der Waals surface area contributed by atoms with Gasteiger partial charge in [-0.2, -0.15) is 0 Å². The standard InChI is InChI=1S/C12H26N2O2S/c1-12(2,3)17(15,16)14(4)10-7-11-5-8-13-9-6-11/h11,13H,5-10H2,1-4H3. The van der Waals surface area contributed by atoms with Crippen LogP contribution in [0.3, 0.4) is 0 Å². The normalized spacial score (nSPS) is 19.8. The third-order valence-corrected chi connectivity index (χ3v) is 6.05. The molecule has 1 rings (SSSR count). The van der Waals surface area contributed by atoms with E-state index >= 15 is 0 Å². The first kappa shape index (κ1) is 14.9. The fraction of sp³-hybridized carbons (Fsp3) is 1.00. The number of rotatable bonds is 4. The summed E-state index contributed by atoms with van der Waals surface area (Å²) < 4.78 is 25.1. The first-order valence-electron chi connectivity index (χ1n) is 6.42. The highest BCUT2D eigenvalue weighted by molar-refractivity contribution is 7.90. The first-order chi connectivity index (χ1) is 7.75. The third-order valence-electron chi connectivity index (χ3n) is 3.50. The van der Waals surface area contributed by atoms with Crippen LogP contribution in [0.15, 0.2) is 0 Å². The lowest BCUT2D eigenvalue weighted by molar-refractivity contribution is 0.323. The van der Waals surface area contributed by atoms with Crippen molar-refractivity contribution in [1.82, 2.24) is 9.62 Å². The average molecular weight is 262 g/mol. The molecule has 0 aromatic carbocycles. The largest absolute Gasteiger partial charge is 0.317 e. The second kappa shape index (κ2) is 5.67. The monoisotopic (exact) mass is 262 g/mol. The van der Waals surface area contributed by atoms with Crippen LogP contribution in [0.1, 0.15) is 40.0 Å². The molecule has 1 aliphatic rings. The number of hydrogen-bond donors (Lipinski definition) is 1. The second-order valence-electron chi connectivity index (χ2n) is 5.92. The molecule has 0 unspecified atom stereocenters. The minimum absolute atomic E-state index is 0.643. The highest BCUT2D eigenvalue weighted by Gasteiger charge is 2.33. The van der Waals surface area contributed by atoms with E-state index in [-0.39, 0.29) is 0 Å². The molecule has 0 saturated carbocycles. The fourth-order valence-electron chi connectivity index (χ4n) is 2.12. The van der Waals surface area contributed by atoms with Crippen molar-refractivity contribution in [2.24, 2.45) is 5.92 Å². The molecule has 102 valence electrons. The third kappa shape index (κ3) is 3.93. The zero-order chi connectivity index (χ0) is 13.1. The highest BCUT2D eigenvalue weighted by atomic mass is 32.2. The van der Waals surface area contributed by atoms with Crippen LogP contribution in [0, 0.1) is 5.92 Å². The zero-order valence-corrected chi connectivity index (χ0v) is 12.3. The molecular weight excluding hydrogens is 236 g/mol. The predicted molar refractivity (Wildman–Crippen MR) is 71.5 cm³/mol. The molecule has 0 radical (unpaired) electrons. The van der Waals surface area contributed by atoms with Crippen molar-refractivity contribution in [3.05, 3.63) is 0 Å². The molecule has 1 aliphatic heterocycles. The Morgan fingerprint density at radius 3 is 2.24 bits per heavy atom. The molecule has 1 heterocycles. The maximum absolute atomic E-state index is 12.1. The Hall–Kier alpha value is -0.130. The van der Waals surface area contributed by atoms with E-state index in [1.807, 2.05) is 0 Å². The van der Waals surface area contributed by atoms with Crippen molar-refractivity contribution < 1.29 is 8.42 Å². The number of nitrogens with zero attached hydrogens (tertiary/aromatic N) is 1. The van der Waals surface area contributed by atoms with Gasteiger partial charge in [-0.15, -0.1) is 0 Å². The number of piperidine rings is 1. The number of sulfonamides is 1. The summed E-state index contributed by atoms with van der Waals surface area (Å²) in [5, 5.41) is 3.32. The lowest BCUT2D eigenvalue weighted by Crippen LogP contribution is -2.41. The van der Waals surface area contributed by atoms with Crippen molar-refractivity contribution in [3.63, 3.8) is 0 Å². The van der Waals surface area contributed by atoms with Crippen molar-refractivity contribution in [3.8, 4) is 0 Å². The average Bonchev–Trinajstić information content (AvgIpc) is 2.25. The van der Waals surface area contributed by atoms with Gasteiger partial charge in [-0.1, -0.05) is 0 Å². The van der Waals surface area contributed by atoms with E-state index in [0.29, 0.717) is 12.5 Å². The lowest BCUT2D eigenvalue weighted by atomic mass is 9.95. The van der Waals surface area contributed by atoms with Gasteiger partial charge in [0.1, 0.15) is 0 Å². The van der Waals surface area contributed by atoms with E-state index in [0.717, 1.165) is 19.5 Å². The van der Waals surface area contributed by atoms with Crippen LogP contribution in [0.2, 0.25) is 0 Å². The molecule has 1 saturated heterocycles. The maximum Gasteiger partial charge on any atom is 0.218 e. The summed E-state index contributed by atoms with van der Waals surface area (Å²) in [6, 6.07) is 0. The van der Waals surface area contributed by atoms with Crippen LogP contribution >= 0.6 is 0 Å². The smallest absolute Gasteiger partial charge is 0.218 e. The van der Waals surface area contributed by atoms with Crippen molar-refractivity contribution in [2.75, 3.05) is 26.7 Å². The van der Waals surface area contributed by atoms with Gasteiger partial charge in [0.05, 0.1) is 4.75 Å². The molecule has 0 bridgehead atoms. The van der Waals surface area contributed by atoms with Crippen LogP contribution in [0.25, 0.3) is 0 Å². The van der Waals surface area contributed by atoms with E-state index in [2.05, 4.69) is 5.32 Å².